The Balaban J connectivity index is 2.54. The fourth-order valence-corrected chi connectivity index (χ4v) is 1.52. The molecule has 0 bridgehead atoms. The number of carbonyl (C=O) groups is 3. The van der Waals surface area contributed by atoms with Crippen molar-refractivity contribution in [3.63, 3.8) is 0 Å². The third-order valence-electron chi connectivity index (χ3n) is 2.59. The number of hydrogen-bond acceptors (Lipinski definition) is 4. The van der Waals surface area contributed by atoms with Gasteiger partial charge in [-0.25, -0.2) is 0 Å². The van der Waals surface area contributed by atoms with E-state index in [0.717, 1.165) is 0 Å². The van der Waals surface area contributed by atoms with Crippen molar-refractivity contribution in [1.29, 1.82) is 0 Å². The van der Waals surface area contributed by atoms with Crippen LogP contribution >= 0.6 is 0 Å². The summed E-state index contributed by atoms with van der Waals surface area (Å²) in [4.78, 5) is 33.2. The lowest BCUT2D eigenvalue weighted by molar-refractivity contribution is -0.148. The van der Waals surface area contributed by atoms with Gasteiger partial charge in [-0.3, -0.25) is 9.59 Å². The quantitative estimate of drug-likeness (QED) is 0.759. The van der Waals surface area contributed by atoms with Gasteiger partial charge >= 0.3 is 11.9 Å². The Bertz CT molecular complexity index is 452. The summed E-state index contributed by atoms with van der Waals surface area (Å²) in [5, 5.41) is 9.11. The van der Waals surface area contributed by atoms with Gasteiger partial charge in [-0.2, -0.15) is 0 Å². The molecule has 0 heterocycles. The molecule has 0 aliphatic heterocycles. The Morgan fingerprint density at radius 3 is 2.32 bits per heavy atom. The first-order chi connectivity index (χ1) is 9.00. The van der Waals surface area contributed by atoms with Crippen molar-refractivity contribution < 1.29 is 24.2 Å². The number of Topliss-reactive ketones (excluding diaryl/α,β-unsaturated/α-hetero) is 1. The van der Waals surface area contributed by atoms with Gasteiger partial charge in [-0.15, -0.1) is 0 Å². The maximum atomic E-state index is 11.3. The van der Waals surface area contributed by atoms with E-state index in [4.69, 9.17) is 9.84 Å². The van der Waals surface area contributed by atoms with Gasteiger partial charge < -0.3 is 14.6 Å². The molecular formula is C14H16O5. The molecule has 0 amide bonds. The van der Waals surface area contributed by atoms with Gasteiger partial charge in [0.05, 0.1) is 6.42 Å². The Hall–Kier alpha value is -2.17. The van der Waals surface area contributed by atoms with Crippen molar-refractivity contribution in [1.82, 2.24) is 0 Å². The molecule has 1 aromatic rings. The molecule has 0 fully saturated rings. The van der Waals surface area contributed by atoms with Crippen molar-refractivity contribution in [2.75, 3.05) is 6.61 Å². The molecule has 0 saturated heterocycles. The summed E-state index contributed by atoms with van der Waals surface area (Å²) in [6.45, 7) is 1.16. The maximum Gasteiger partial charge on any atom is 0.314 e. The van der Waals surface area contributed by atoms with Crippen molar-refractivity contribution >= 4 is 17.7 Å². The Kier molecular flexibility index (Phi) is 5.73. The molecule has 0 aliphatic carbocycles. The average molecular weight is 264 g/mol. The standard InChI is InChI=1S/C14H16O5/c1-10(15)7-8-13(16)19-9-12(14(17)18)11-5-3-2-4-6-11/h2-6,12H,7-9H2,1H3,(H,17,18)/t12-/m0/s1. The number of benzene rings is 1. The molecule has 0 spiro atoms. The Labute approximate surface area is 111 Å². The smallest absolute Gasteiger partial charge is 0.314 e. The molecule has 1 atom stereocenters. The number of aliphatic carboxylic acids is 1. The number of ketones is 1. The molecule has 19 heavy (non-hydrogen) atoms. The molecule has 5 nitrogen and oxygen atoms in total. The average Bonchev–Trinajstić information content (AvgIpc) is 2.37. The van der Waals surface area contributed by atoms with Gasteiger partial charge in [-0.1, -0.05) is 30.3 Å². The molecule has 1 aromatic carbocycles. The number of esters is 1. The van der Waals surface area contributed by atoms with Crippen molar-refractivity contribution in [2.24, 2.45) is 0 Å². The highest BCUT2D eigenvalue weighted by molar-refractivity contribution is 5.81. The summed E-state index contributed by atoms with van der Waals surface area (Å²) in [7, 11) is 0. The Morgan fingerprint density at radius 1 is 1.16 bits per heavy atom. The fourth-order valence-electron chi connectivity index (χ4n) is 1.52. The van der Waals surface area contributed by atoms with Crippen molar-refractivity contribution in [2.45, 2.75) is 25.7 Å². The number of ether oxygens (including phenoxy) is 1. The van der Waals surface area contributed by atoms with Gasteiger partial charge in [0.2, 0.25) is 0 Å². The molecule has 5 heteroatoms. The number of carboxylic acid groups (broad SMARTS) is 1. The summed E-state index contributed by atoms with van der Waals surface area (Å²) in [5.41, 5.74) is 0.578. The highest BCUT2D eigenvalue weighted by atomic mass is 16.5. The highest BCUT2D eigenvalue weighted by Gasteiger charge is 2.21. The summed E-state index contributed by atoms with van der Waals surface area (Å²) in [5.74, 6) is -2.60. The first-order valence-electron chi connectivity index (χ1n) is 5.93. The maximum absolute atomic E-state index is 11.3. The van der Waals surface area contributed by atoms with Gasteiger partial charge in [-0.05, 0) is 12.5 Å². The third kappa shape index (κ3) is 5.33. The van der Waals surface area contributed by atoms with E-state index in [-0.39, 0.29) is 25.2 Å². The molecule has 0 saturated carbocycles. The van der Waals surface area contributed by atoms with Crippen LogP contribution in [0.3, 0.4) is 0 Å². The van der Waals surface area contributed by atoms with Crippen LogP contribution in [-0.2, 0) is 19.1 Å². The van der Waals surface area contributed by atoms with E-state index in [9.17, 15) is 14.4 Å². The van der Waals surface area contributed by atoms with Crippen LogP contribution in [0.4, 0.5) is 0 Å². The van der Waals surface area contributed by atoms with E-state index in [0.29, 0.717) is 5.56 Å². The Morgan fingerprint density at radius 2 is 1.79 bits per heavy atom. The summed E-state index contributed by atoms with van der Waals surface area (Å²) < 4.78 is 4.90. The number of rotatable bonds is 7. The van der Waals surface area contributed by atoms with E-state index in [1.54, 1.807) is 30.3 Å². The molecule has 1 N–H and O–H groups in total. The van der Waals surface area contributed by atoms with Crippen LogP contribution < -0.4 is 0 Å². The minimum Gasteiger partial charge on any atom is -0.481 e. The van der Waals surface area contributed by atoms with Gasteiger partial charge in [0.15, 0.2) is 0 Å². The van der Waals surface area contributed by atoms with Crippen LogP contribution in [-0.4, -0.2) is 29.4 Å². The van der Waals surface area contributed by atoms with Crippen LogP contribution in [0.5, 0.6) is 0 Å². The minimum atomic E-state index is -1.05. The summed E-state index contributed by atoms with van der Waals surface area (Å²) in [6, 6.07) is 8.57. The summed E-state index contributed by atoms with van der Waals surface area (Å²) in [6.07, 6.45) is 0.0956. The van der Waals surface area contributed by atoms with E-state index >= 15 is 0 Å². The SMILES string of the molecule is CC(=O)CCC(=O)OC[C@H](C(=O)O)c1ccccc1. The molecule has 0 unspecified atom stereocenters. The van der Waals surface area contributed by atoms with Crippen LogP contribution in [0.1, 0.15) is 31.2 Å². The van der Waals surface area contributed by atoms with Gasteiger partial charge in [0, 0.05) is 6.42 Å². The molecule has 102 valence electrons. The largest absolute Gasteiger partial charge is 0.481 e. The van der Waals surface area contributed by atoms with Crippen LogP contribution in [0.15, 0.2) is 30.3 Å². The molecule has 0 aliphatic rings. The molecular weight excluding hydrogens is 248 g/mol. The molecule has 1 rings (SSSR count). The van der Waals surface area contributed by atoms with Crippen molar-refractivity contribution in [3.8, 4) is 0 Å². The third-order valence-corrected chi connectivity index (χ3v) is 2.59. The highest BCUT2D eigenvalue weighted by Crippen LogP contribution is 2.16. The van der Waals surface area contributed by atoms with E-state index in [1.165, 1.54) is 6.92 Å². The zero-order valence-corrected chi connectivity index (χ0v) is 10.7. The first-order valence-corrected chi connectivity index (χ1v) is 5.93. The lowest BCUT2D eigenvalue weighted by atomic mass is 10.0. The predicted octanol–water partition coefficient (Wildman–Crippen LogP) is 1.77. The second-order valence-corrected chi connectivity index (χ2v) is 4.19. The molecule has 0 radical (unpaired) electrons. The van der Waals surface area contributed by atoms with E-state index in [2.05, 4.69) is 0 Å². The zero-order chi connectivity index (χ0) is 14.3. The van der Waals surface area contributed by atoms with E-state index < -0.39 is 17.9 Å². The number of hydrogen-bond donors (Lipinski definition) is 1. The van der Waals surface area contributed by atoms with Crippen LogP contribution in [0.2, 0.25) is 0 Å². The molecule has 0 aromatic heterocycles. The first kappa shape index (κ1) is 14.9. The number of carboxylic acids is 1. The van der Waals surface area contributed by atoms with Crippen LogP contribution in [0.25, 0.3) is 0 Å². The van der Waals surface area contributed by atoms with Gasteiger partial charge in [0.25, 0.3) is 0 Å². The van der Waals surface area contributed by atoms with E-state index in [1.807, 2.05) is 0 Å². The monoisotopic (exact) mass is 264 g/mol. The topological polar surface area (TPSA) is 80.7 Å². The second-order valence-electron chi connectivity index (χ2n) is 4.19. The fraction of sp³-hybridized carbons (Fsp3) is 0.357. The minimum absolute atomic E-state index is 0.0174. The summed E-state index contributed by atoms with van der Waals surface area (Å²) >= 11 is 0. The van der Waals surface area contributed by atoms with Crippen molar-refractivity contribution in [3.05, 3.63) is 35.9 Å². The predicted molar refractivity (Wildman–Crippen MR) is 67.7 cm³/mol. The lowest BCUT2D eigenvalue weighted by Gasteiger charge is -2.13. The van der Waals surface area contributed by atoms with Crippen LogP contribution in [0, 0.1) is 0 Å². The normalized spacial score (nSPS) is 11.6. The lowest BCUT2D eigenvalue weighted by Crippen LogP contribution is -2.20. The number of carbonyl (C=O) groups excluding carboxylic acids is 2. The van der Waals surface area contributed by atoms with Gasteiger partial charge in [0.1, 0.15) is 18.3 Å². The zero-order valence-electron chi connectivity index (χ0n) is 10.7. The second kappa shape index (κ2) is 7.31.